The van der Waals surface area contributed by atoms with E-state index in [1.165, 1.54) is 25.7 Å². The predicted molar refractivity (Wildman–Crippen MR) is 82.1 cm³/mol. The number of fused-ring (bicyclic) bond motifs is 2. The van der Waals surface area contributed by atoms with Gasteiger partial charge in [0.15, 0.2) is 0 Å². The summed E-state index contributed by atoms with van der Waals surface area (Å²) in [6.07, 6.45) is 15.3. The predicted octanol–water partition coefficient (Wildman–Crippen LogP) is 4.21. The Morgan fingerprint density at radius 2 is 1.35 bits per heavy atom. The number of nitrogens with two attached hydrogens (primary N) is 1. The quantitative estimate of drug-likeness (QED) is 0.819. The van der Waals surface area contributed by atoms with Crippen LogP contribution in [0.1, 0.15) is 64.2 Å². The molecular weight excluding hydrogens is 242 g/mol. The van der Waals surface area contributed by atoms with E-state index in [1.807, 2.05) is 0 Å². The van der Waals surface area contributed by atoms with Crippen LogP contribution in [0.15, 0.2) is 0 Å². The van der Waals surface area contributed by atoms with E-state index in [9.17, 15) is 0 Å². The van der Waals surface area contributed by atoms with E-state index in [-0.39, 0.29) is 0 Å². The molecule has 4 atom stereocenters. The van der Waals surface area contributed by atoms with Crippen LogP contribution in [-0.2, 0) is 0 Å². The monoisotopic (exact) mass is 273 g/mol. The van der Waals surface area contributed by atoms with Crippen LogP contribution in [0.25, 0.3) is 0 Å². The van der Waals surface area contributed by atoms with Gasteiger partial charge in [-0.3, -0.25) is 0 Å². The second-order valence-electron chi connectivity index (χ2n) is 9.34. The van der Waals surface area contributed by atoms with Crippen LogP contribution in [0.3, 0.4) is 0 Å². The molecule has 1 nitrogen and oxygen atoms in total. The van der Waals surface area contributed by atoms with Crippen LogP contribution >= 0.6 is 0 Å². The van der Waals surface area contributed by atoms with Crippen molar-refractivity contribution in [1.29, 1.82) is 0 Å². The maximum Gasteiger partial charge on any atom is 0.00752 e. The zero-order valence-corrected chi connectivity index (χ0v) is 12.8. The summed E-state index contributed by atoms with van der Waals surface area (Å²) in [7, 11) is 0. The highest BCUT2D eigenvalue weighted by atomic mass is 14.7. The van der Waals surface area contributed by atoms with Crippen molar-refractivity contribution in [1.82, 2.24) is 0 Å². The van der Waals surface area contributed by atoms with E-state index in [2.05, 4.69) is 0 Å². The molecule has 6 saturated carbocycles. The zero-order valence-electron chi connectivity index (χ0n) is 12.8. The molecule has 4 unspecified atom stereocenters. The summed E-state index contributed by atoms with van der Waals surface area (Å²) < 4.78 is 0. The molecule has 20 heavy (non-hydrogen) atoms. The molecule has 0 aromatic heterocycles. The molecule has 0 amide bonds. The Kier molecular flexibility index (Phi) is 2.80. The fourth-order valence-corrected chi connectivity index (χ4v) is 7.84. The van der Waals surface area contributed by atoms with E-state index < -0.39 is 0 Å². The first kappa shape index (κ1) is 12.5. The van der Waals surface area contributed by atoms with Crippen molar-refractivity contribution < 1.29 is 0 Å². The summed E-state index contributed by atoms with van der Waals surface area (Å²) in [5.41, 5.74) is 6.81. The van der Waals surface area contributed by atoms with Gasteiger partial charge in [-0.2, -0.15) is 0 Å². The minimum atomic E-state index is 0.550. The Morgan fingerprint density at radius 1 is 0.700 bits per heavy atom. The van der Waals surface area contributed by atoms with Crippen molar-refractivity contribution in [2.45, 2.75) is 70.3 Å². The highest BCUT2D eigenvalue weighted by Crippen LogP contribution is 2.58. The van der Waals surface area contributed by atoms with E-state index in [4.69, 9.17) is 5.73 Å². The van der Waals surface area contributed by atoms with Crippen molar-refractivity contribution >= 4 is 0 Å². The SMILES string of the molecule is NC(CC1CC2CCC1C2)C1C2CC3CC(C2)CC1C3. The van der Waals surface area contributed by atoms with Crippen molar-refractivity contribution in [2.24, 2.45) is 53.1 Å². The highest BCUT2D eigenvalue weighted by Gasteiger charge is 2.50. The van der Waals surface area contributed by atoms with Gasteiger partial charge < -0.3 is 5.73 Å². The standard InChI is InChI=1S/C19H31N/c20-18(10-15-5-11-1-2-14(15)4-11)19-16-6-12-3-13(8-16)9-17(19)7-12/h11-19H,1-10,20H2. The third-order valence-electron chi connectivity index (χ3n) is 8.25. The van der Waals surface area contributed by atoms with E-state index in [0.29, 0.717) is 6.04 Å². The van der Waals surface area contributed by atoms with Crippen LogP contribution < -0.4 is 5.73 Å². The van der Waals surface area contributed by atoms with Crippen LogP contribution in [0.2, 0.25) is 0 Å². The summed E-state index contributed by atoms with van der Waals surface area (Å²) in [4.78, 5) is 0. The van der Waals surface area contributed by atoms with Crippen molar-refractivity contribution in [3.05, 3.63) is 0 Å². The number of rotatable bonds is 3. The molecule has 0 aromatic rings. The Balaban J connectivity index is 1.28. The molecule has 6 fully saturated rings. The Morgan fingerprint density at radius 3 is 1.90 bits per heavy atom. The van der Waals surface area contributed by atoms with Gasteiger partial charge in [-0.1, -0.05) is 6.42 Å². The molecular formula is C19H31N. The molecule has 0 aromatic carbocycles. The fraction of sp³-hybridized carbons (Fsp3) is 1.00. The average molecular weight is 273 g/mol. The van der Waals surface area contributed by atoms with Gasteiger partial charge in [-0.05, 0) is 105 Å². The second kappa shape index (κ2) is 4.48. The van der Waals surface area contributed by atoms with Crippen molar-refractivity contribution in [2.75, 3.05) is 0 Å². The lowest BCUT2D eigenvalue weighted by atomic mass is 9.50. The summed E-state index contributed by atoms with van der Waals surface area (Å²) in [6, 6.07) is 0.550. The van der Waals surface area contributed by atoms with Crippen molar-refractivity contribution in [3.8, 4) is 0 Å². The average Bonchev–Trinajstić information content (AvgIpc) is 2.99. The summed E-state index contributed by atoms with van der Waals surface area (Å²) >= 11 is 0. The molecule has 0 heterocycles. The fourth-order valence-electron chi connectivity index (χ4n) is 7.84. The Hall–Kier alpha value is -0.0400. The maximum absolute atomic E-state index is 6.81. The summed E-state index contributed by atoms with van der Waals surface area (Å²) in [5, 5.41) is 0. The third kappa shape index (κ3) is 1.84. The van der Waals surface area contributed by atoms with Gasteiger partial charge in [0.25, 0.3) is 0 Å². The van der Waals surface area contributed by atoms with Gasteiger partial charge in [0, 0.05) is 6.04 Å². The lowest BCUT2D eigenvalue weighted by Crippen LogP contribution is -2.52. The Bertz CT molecular complexity index is 361. The third-order valence-corrected chi connectivity index (χ3v) is 8.25. The lowest BCUT2D eigenvalue weighted by Gasteiger charge is -2.56. The molecule has 6 rings (SSSR count). The lowest BCUT2D eigenvalue weighted by molar-refractivity contribution is -0.0501. The molecule has 2 N–H and O–H groups in total. The summed E-state index contributed by atoms with van der Waals surface area (Å²) in [5.74, 6) is 8.35. The molecule has 0 aliphatic heterocycles. The molecule has 6 aliphatic rings. The van der Waals surface area contributed by atoms with Gasteiger partial charge in [0.05, 0.1) is 0 Å². The minimum Gasteiger partial charge on any atom is -0.327 e. The number of hydrogen-bond acceptors (Lipinski definition) is 1. The van der Waals surface area contributed by atoms with Gasteiger partial charge in [-0.15, -0.1) is 0 Å². The number of hydrogen-bond donors (Lipinski definition) is 1. The molecule has 112 valence electrons. The van der Waals surface area contributed by atoms with Crippen LogP contribution in [0, 0.1) is 47.3 Å². The van der Waals surface area contributed by atoms with Crippen LogP contribution in [0.5, 0.6) is 0 Å². The topological polar surface area (TPSA) is 26.0 Å². The van der Waals surface area contributed by atoms with E-state index in [1.54, 1.807) is 38.5 Å². The first-order valence-corrected chi connectivity index (χ1v) is 9.52. The smallest absolute Gasteiger partial charge is 0.00752 e. The zero-order chi connectivity index (χ0) is 13.3. The van der Waals surface area contributed by atoms with E-state index >= 15 is 0 Å². The first-order valence-electron chi connectivity index (χ1n) is 9.52. The molecule has 1 heteroatoms. The maximum atomic E-state index is 6.81. The molecule has 6 aliphatic carbocycles. The minimum absolute atomic E-state index is 0.550. The van der Waals surface area contributed by atoms with Crippen molar-refractivity contribution in [3.63, 3.8) is 0 Å². The van der Waals surface area contributed by atoms with Crippen LogP contribution in [0.4, 0.5) is 0 Å². The van der Waals surface area contributed by atoms with E-state index in [0.717, 1.165) is 47.3 Å². The molecule has 0 radical (unpaired) electrons. The largest absolute Gasteiger partial charge is 0.327 e. The second-order valence-corrected chi connectivity index (χ2v) is 9.34. The van der Waals surface area contributed by atoms with Crippen LogP contribution in [-0.4, -0.2) is 6.04 Å². The molecule has 0 saturated heterocycles. The van der Waals surface area contributed by atoms with Gasteiger partial charge in [0.2, 0.25) is 0 Å². The first-order chi connectivity index (χ1) is 9.76. The molecule has 6 bridgehead atoms. The van der Waals surface area contributed by atoms with Gasteiger partial charge in [-0.25, -0.2) is 0 Å². The summed E-state index contributed by atoms with van der Waals surface area (Å²) in [6.45, 7) is 0. The van der Waals surface area contributed by atoms with Gasteiger partial charge >= 0.3 is 0 Å². The highest BCUT2D eigenvalue weighted by molar-refractivity contribution is 5.02. The normalized spacial score (nSPS) is 57.5. The molecule has 0 spiro atoms. The Labute approximate surface area is 124 Å². The van der Waals surface area contributed by atoms with Gasteiger partial charge in [0.1, 0.15) is 0 Å².